The Hall–Kier alpha value is -4.07. The zero-order valence-corrected chi connectivity index (χ0v) is 31.2. The van der Waals surface area contributed by atoms with Crippen molar-refractivity contribution in [1.29, 1.82) is 0 Å². The molecule has 13 nitrogen and oxygen atoms in total. The number of unbranched alkanes of at least 4 members (excludes halogenated alkanes) is 6. The van der Waals surface area contributed by atoms with Crippen LogP contribution in [-0.2, 0) is 30.4 Å². The average Bonchev–Trinajstić information content (AvgIpc) is 3.61. The number of nitrogens with zero attached hydrogens (tertiary/aromatic N) is 2. The molecule has 2 aliphatic rings. The van der Waals surface area contributed by atoms with Crippen molar-refractivity contribution in [2.24, 2.45) is 0 Å². The molecule has 2 saturated heterocycles. The van der Waals surface area contributed by atoms with Gasteiger partial charge in [-0.1, -0.05) is 95.5 Å². The molecule has 2 aliphatic heterocycles. The van der Waals surface area contributed by atoms with Crippen molar-refractivity contribution in [2.45, 2.75) is 145 Å². The summed E-state index contributed by atoms with van der Waals surface area (Å²) in [6.45, 7) is 7.92. The predicted octanol–water partition coefficient (Wildman–Crippen LogP) is 5.23. The maximum Gasteiger partial charge on any atom is 0.327 e. The SMILES string of the molecule is CC1(C)S[C@@H]2[C@H](NC(=O)C(C(=O)O)c3ccccc3)C(=O)N2[C@H]1C(=O)O.CCCCCCC(CCCCCC)NC(=O)CCCc1cnc(N)[nH]1. The van der Waals surface area contributed by atoms with E-state index in [0.717, 1.165) is 31.4 Å². The van der Waals surface area contributed by atoms with Gasteiger partial charge < -0.3 is 36.5 Å². The van der Waals surface area contributed by atoms with Gasteiger partial charge in [-0.15, -0.1) is 11.8 Å². The molecular weight excluding hydrogens is 673 g/mol. The van der Waals surface area contributed by atoms with Gasteiger partial charge in [0.25, 0.3) is 0 Å². The van der Waals surface area contributed by atoms with Crippen LogP contribution in [0.2, 0.25) is 0 Å². The van der Waals surface area contributed by atoms with Gasteiger partial charge in [-0.05, 0) is 45.1 Å². The van der Waals surface area contributed by atoms with E-state index in [9.17, 15) is 34.2 Å². The maximum atomic E-state index is 12.5. The number of nitrogens with one attached hydrogen (secondary N) is 3. The number of benzene rings is 1. The summed E-state index contributed by atoms with van der Waals surface area (Å²) in [5, 5.41) is 24.0. The second-order valence-electron chi connectivity index (χ2n) is 13.9. The lowest BCUT2D eigenvalue weighted by Crippen LogP contribution is -2.71. The molecule has 51 heavy (non-hydrogen) atoms. The van der Waals surface area contributed by atoms with Crippen molar-refractivity contribution in [3.8, 4) is 0 Å². The number of aromatic nitrogens is 2. The largest absolute Gasteiger partial charge is 0.480 e. The molecule has 0 spiro atoms. The number of fused-ring (bicyclic) bond motifs is 1. The Labute approximate surface area is 305 Å². The smallest absolute Gasteiger partial charge is 0.327 e. The van der Waals surface area contributed by atoms with Gasteiger partial charge in [-0.3, -0.25) is 19.2 Å². The second kappa shape index (κ2) is 20.1. The Morgan fingerprint density at radius 2 is 1.61 bits per heavy atom. The summed E-state index contributed by atoms with van der Waals surface area (Å²) in [6.07, 6.45) is 16.3. The van der Waals surface area contributed by atoms with Gasteiger partial charge in [0.2, 0.25) is 17.7 Å². The standard InChI is InChI=1S/C20H38N4O.C17H18N2O6S/c1-3-5-7-9-12-17(13-10-8-6-4-2)23-19(25)15-11-14-18-16-22-20(21)24-18;1-17(2)11(16(24)25)19-13(21)10(14(19)26-17)18-12(20)9(15(22)23)8-6-4-3-5-7-8/h16-17H,3-15H2,1-2H3,(H,23,25)(H3,21,22,24);3-7,9-11,14H,1-2H3,(H,18,20)(H,22,23)(H,24,25)/t;9?,10-,11+,14-/m.1/s1. The Morgan fingerprint density at radius 3 is 2.14 bits per heavy atom. The maximum absolute atomic E-state index is 12.5. The number of aryl methyl sites for hydroxylation is 1. The molecular formula is C37H56N6O7S. The summed E-state index contributed by atoms with van der Waals surface area (Å²) < 4.78 is -0.711. The third-order valence-electron chi connectivity index (χ3n) is 9.29. The number of nitrogen functional groups attached to an aromatic ring is 1. The van der Waals surface area contributed by atoms with E-state index in [4.69, 9.17) is 5.73 Å². The Balaban J connectivity index is 0.000000276. The van der Waals surface area contributed by atoms with Crippen molar-refractivity contribution >= 4 is 47.4 Å². The van der Waals surface area contributed by atoms with Crippen LogP contribution < -0.4 is 16.4 Å². The highest BCUT2D eigenvalue weighted by atomic mass is 32.2. The van der Waals surface area contributed by atoms with Crippen LogP contribution in [-0.4, -0.2) is 83.0 Å². The minimum atomic E-state index is -1.44. The number of H-pyrrole nitrogens is 1. The number of carboxylic acids is 2. The van der Waals surface area contributed by atoms with E-state index in [-0.39, 0.29) is 5.91 Å². The average molecular weight is 729 g/mol. The molecule has 0 saturated carbocycles. The van der Waals surface area contributed by atoms with Gasteiger partial charge in [0.05, 0.1) is 6.20 Å². The fourth-order valence-electron chi connectivity index (χ4n) is 6.60. The van der Waals surface area contributed by atoms with Gasteiger partial charge in [0, 0.05) is 22.9 Å². The van der Waals surface area contributed by atoms with Crippen LogP contribution in [0.15, 0.2) is 36.5 Å². The van der Waals surface area contributed by atoms with Crippen molar-refractivity contribution < 1.29 is 34.2 Å². The van der Waals surface area contributed by atoms with Crippen LogP contribution in [0.1, 0.15) is 122 Å². The zero-order chi connectivity index (χ0) is 37.6. The number of amides is 3. The minimum absolute atomic E-state index is 0.184. The molecule has 14 heteroatoms. The van der Waals surface area contributed by atoms with Gasteiger partial charge in [0.15, 0.2) is 11.9 Å². The Kier molecular flexibility index (Phi) is 16.3. The van der Waals surface area contributed by atoms with E-state index in [1.807, 2.05) is 0 Å². The molecule has 2 fully saturated rings. The summed E-state index contributed by atoms with van der Waals surface area (Å²) in [5.74, 6) is -4.53. The fraction of sp³-hybridized carbons (Fsp3) is 0.622. The molecule has 0 aliphatic carbocycles. The highest BCUT2D eigenvalue weighted by Gasteiger charge is 2.64. The summed E-state index contributed by atoms with van der Waals surface area (Å²) in [5.41, 5.74) is 6.88. The molecule has 1 unspecified atom stereocenters. The van der Waals surface area contributed by atoms with E-state index in [1.54, 1.807) is 38.2 Å². The number of carboxylic acid groups (broad SMARTS) is 2. The number of aromatic amines is 1. The van der Waals surface area contributed by atoms with E-state index >= 15 is 0 Å². The van der Waals surface area contributed by atoms with Gasteiger partial charge in [-0.25, -0.2) is 9.78 Å². The molecule has 282 valence electrons. The number of nitrogens with two attached hydrogens (primary N) is 1. The first-order valence-electron chi connectivity index (χ1n) is 18.2. The zero-order valence-electron chi connectivity index (χ0n) is 30.4. The number of hydrogen-bond acceptors (Lipinski definition) is 8. The molecule has 4 rings (SSSR count). The third kappa shape index (κ3) is 12.0. The molecule has 2 aromatic rings. The van der Waals surface area contributed by atoms with Crippen LogP contribution in [0.5, 0.6) is 0 Å². The van der Waals surface area contributed by atoms with E-state index < -0.39 is 51.9 Å². The lowest BCUT2D eigenvalue weighted by atomic mass is 9.94. The van der Waals surface area contributed by atoms with Crippen molar-refractivity contribution in [3.63, 3.8) is 0 Å². The second-order valence-corrected chi connectivity index (χ2v) is 15.6. The van der Waals surface area contributed by atoms with Crippen molar-refractivity contribution in [3.05, 3.63) is 47.8 Å². The van der Waals surface area contributed by atoms with Crippen LogP contribution in [0, 0.1) is 0 Å². The fourth-order valence-corrected chi connectivity index (χ4v) is 8.23. The summed E-state index contributed by atoms with van der Waals surface area (Å²) in [6, 6.07) is 6.45. The lowest BCUT2D eigenvalue weighted by Gasteiger charge is -2.43. The normalized spacial score (nSPS) is 19.4. The predicted molar refractivity (Wildman–Crippen MR) is 198 cm³/mol. The summed E-state index contributed by atoms with van der Waals surface area (Å²) in [4.78, 5) is 68.4. The number of anilines is 1. The van der Waals surface area contributed by atoms with Crippen LogP contribution in [0.4, 0.5) is 5.95 Å². The highest BCUT2D eigenvalue weighted by Crippen LogP contribution is 2.50. The number of carbonyl (C=O) groups excluding carboxylic acids is 3. The Morgan fingerprint density at radius 1 is 0.980 bits per heavy atom. The summed E-state index contributed by atoms with van der Waals surface area (Å²) in [7, 11) is 0. The first kappa shape index (κ1) is 41.4. The number of aliphatic carboxylic acids is 2. The number of rotatable bonds is 20. The minimum Gasteiger partial charge on any atom is -0.480 e. The van der Waals surface area contributed by atoms with E-state index in [2.05, 4.69) is 34.4 Å². The van der Waals surface area contributed by atoms with E-state index in [0.29, 0.717) is 24.0 Å². The third-order valence-corrected chi connectivity index (χ3v) is 10.9. The van der Waals surface area contributed by atoms with Crippen LogP contribution in [0.25, 0.3) is 0 Å². The first-order valence-corrected chi connectivity index (χ1v) is 19.1. The molecule has 1 aromatic heterocycles. The molecule has 1 aromatic carbocycles. The number of imidazole rings is 1. The highest BCUT2D eigenvalue weighted by molar-refractivity contribution is 8.01. The van der Waals surface area contributed by atoms with E-state index in [1.165, 1.54) is 80.2 Å². The molecule has 3 amide bonds. The number of thioether (sulfide) groups is 1. The summed E-state index contributed by atoms with van der Waals surface area (Å²) >= 11 is 1.29. The Bertz CT molecular complexity index is 1440. The molecule has 0 radical (unpaired) electrons. The van der Waals surface area contributed by atoms with Crippen LogP contribution in [0.3, 0.4) is 0 Å². The molecule has 7 N–H and O–H groups in total. The van der Waals surface area contributed by atoms with Crippen molar-refractivity contribution in [2.75, 3.05) is 5.73 Å². The van der Waals surface area contributed by atoms with Crippen molar-refractivity contribution in [1.82, 2.24) is 25.5 Å². The number of hydrogen-bond donors (Lipinski definition) is 6. The number of β-lactam (4-membered cyclic amide) rings is 1. The van der Waals surface area contributed by atoms with Gasteiger partial charge >= 0.3 is 11.9 Å². The molecule has 4 atom stereocenters. The molecule has 3 heterocycles. The van der Waals surface area contributed by atoms with Gasteiger partial charge in [-0.2, -0.15) is 0 Å². The first-order chi connectivity index (χ1) is 24.3. The van der Waals surface area contributed by atoms with Crippen LogP contribution >= 0.6 is 11.8 Å². The number of carbonyl (C=O) groups is 5. The molecule has 0 bridgehead atoms. The topological polar surface area (TPSA) is 208 Å². The monoisotopic (exact) mass is 728 g/mol. The lowest BCUT2D eigenvalue weighted by molar-refractivity contribution is -0.161. The van der Waals surface area contributed by atoms with Gasteiger partial charge in [0.1, 0.15) is 17.5 Å². The quantitative estimate of drug-likeness (QED) is 0.0595.